The Morgan fingerprint density at radius 3 is 2.25 bits per heavy atom. The van der Waals surface area contributed by atoms with Crippen LogP contribution in [0.1, 0.15) is 43.2 Å². The first-order chi connectivity index (χ1) is 11.5. The van der Waals surface area contributed by atoms with Crippen molar-refractivity contribution < 1.29 is 13.3 Å². The highest BCUT2D eigenvalue weighted by molar-refractivity contribution is 5.22. The SMILES string of the molecule is Cc1noc([C@H](C)N2CCN([C@H](C)c3cc(F)ccc3F)CC2)n1. The molecule has 2 aromatic rings. The van der Waals surface area contributed by atoms with Crippen LogP contribution in [0.4, 0.5) is 8.78 Å². The van der Waals surface area contributed by atoms with Gasteiger partial charge in [-0.05, 0) is 39.0 Å². The summed E-state index contributed by atoms with van der Waals surface area (Å²) in [7, 11) is 0. The molecule has 5 nitrogen and oxygen atoms in total. The van der Waals surface area contributed by atoms with Crippen LogP contribution in [0.25, 0.3) is 0 Å². The third-order valence-electron chi connectivity index (χ3n) is 4.75. The Morgan fingerprint density at radius 1 is 1.04 bits per heavy atom. The van der Waals surface area contributed by atoms with Gasteiger partial charge in [-0.3, -0.25) is 9.80 Å². The fourth-order valence-corrected chi connectivity index (χ4v) is 3.18. The van der Waals surface area contributed by atoms with Gasteiger partial charge in [-0.1, -0.05) is 5.16 Å². The van der Waals surface area contributed by atoms with Gasteiger partial charge in [-0.2, -0.15) is 4.98 Å². The molecule has 7 heteroatoms. The second-order valence-corrected chi connectivity index (χ2v) is 6.27. The van der Waals surface area contributed by atoms with E-state index >= 15 is 0 Å². The zero-order valence-corrected chi connectivity index (χ0v) is 14.2. The Labute approximate surface area is 140 Å². The first kappa shape index (κ1) is 17.0. The van der Waals surface area contributed by atoms with Crippen LogP contribution in [0.3, 0.4) is 0 Å². The molecular formula is C17H22F2N4O. The van der Waals surface area contributed by atoms with Gasteiger partial charge in [0, 0.05) is 37.8 Å². The molecule has 0 spiro atoms. The van der Waals surface area contributed by atoms with Gasteiger partial charge in [0.1, 0.15) is 11.6 Å². The Balaban J connectivity index is 1.63. The van der Waals surface area contributed by atoms with Crippen molar-refractivity contribution in [3.63, 3.8) is 0 Å². The summed E-state index contributed by atoms with van der Waals surface area (Å²) in [4.78, 5) is 8.71. The molecule has 1 aromatic carbocycles. The molecule has 0 amide bonds. The maximum atomic E-state index is 14.0. The molecular weight excluding hydrogens is 314 g/mol. The van der Waals surface area contributed by atoms with Crippen molar-refractivity contribution in [3.8, 4) is 0 Å². The number of piperazine rings is 1. The van der Waals surface area contributed by atoms with E-state index in [1.165, 1.54) is 12.1 Å². The smallest absolute Gasteiger partial charge is 0.243 e. The van der Waals surface area contributed by atoms with Crippen molar-refractivity contribution >= 4 is 0 Å². The van der Waals surface area contributed by atoms with E-state index in [9.17, 15) is 8.78 Å². The lowest BCUT2D eigenvalue weighted by Crippen LogP contribution is -2.48. The molecule has 2 atom stereocenters. The normalized spacial score (nSPS) is 19.4. The van der Waals surface area contributed by atoms with E-state index in [1.54, 1.807) is 6.92 Å². The molecule has 3 rings (SSSR count). The Hall–Kier alpha value is -1.86. The second kappa shape index (κ2) is 6.94. The van der Waals surface area contributed by atoms with Gasteiger partial charge >= 0.3 is 0 Å². The lowest BCUT2D eigenvalue weighted by Gasteiger charge is -2.39. The molecule has 0 radical (unpaired) electrons. The number of rotatable bonds is 4. The van der Waals surface area contributed by atoms with E-state index in [0.29, 0.717) is 17.3 Å². The number of aromatic nitrogens is 2. The van der Waals surface area contributed by atoms with Crippen LogP contribution in [0.5, 0.6) is 0 Å². The van der Waals surface area contributed by atoms with Gasteiger partial charge in [-0.25, -0.2) is 8.78 Å². The van der Waals surface area contributed by atoms with Gasteiger partial charge in [0.25, 0.3) is 0 Å². The predicted molar refractivity (Wildman–Crippen MR) is 85.4 cm³/mol. The van der Waals surface area contributed by atoms with Crippen LogP contribution < -0.4 is 0 Å². The molecule has 0 unspecified atom stereocenters. The average molecular weight is 336 g/mol. The summed E-state index contributed by atoms with van der Waals surface area (Å²) in [5.74, 6) is 0.481. The maximum absolute atomic E-state index is 14.0. The molecule has 0 N–H and O–H groups in total. The highest BCUT2D eigenvalue weighted by Gasteiger charge is 2.28. The molecule has 1 aliphatic rings. The minimum absolute atomic E-state index is 0.0505. The summed E-state index contributed by atoms with van der Waals surface area (Å²) in [5.41, 5.74) is 0.407. The first-order valence-corrected chi connectivity index (χ1v) is 8.19. The van der Waals surface area contributed by atoms with Crippen LogP contribution in [-0.4, -0.2) is 46.1 Å². The van der Waals surface area contributed by atoms with Crippen molar-refractivity contribution in [2.45, 2.75) is 32.9 Å². The fraction of sp³-hybridized carbons (Fsp3) is 0.529. The second-order valence-electron chi connectivity index (χ2n) is 6.27. The number of nitrogens with zero attached hydrogens (tertiary/aromatic N) is 4. The van der Waals surface area contributed by atoms with E-state index in [1.807, 2.05) is 13.8 Å². The molecule has 1 saturated heterocycles. The lowest BCUT2D eigenvalue weighted by atomic mass is 10.0. The summed E-state index contributed by atoms with van der Waals surface area (Å²) in [5, 5.41) is 3.83. The maximum Gasteiger partial charge on any atom is 0.243 e. The van der Waals surface area contributed by atoms with Gasteiger partial charge in [0.15, 0.2) is 5.82 Å². The first-order valence-electron chi connectivity index (χ1n) is 8.19. The third kappa shape index (κ3) is 3.47. The Kier molecular flexibility index (Phi) is 4.91. The van der Waals surface area contributed by atoms with Crippen LogP contribution >= 0.6 is 0 Å². The number of hydrogen-bond acceptors (Lipinski definition) is 5. The highest BCUT2D eigenvalue weighted by atomic mass is 19.1. The summed E-state index contributed by atoms with van der Waals surface area (Å²) < 4.78 is 32.6. The monoisotopic (exact) mass is 336 g/mol. The largest absolute Gasteiger partial charge is 0.338 e. The van der Waals surface area contributed by atoms with E-state index in [-0.39, 0.29) is 17.9 Å². The van der Waals surface area contributed by atoms with Crippen molar-refractivity contribution in [1.82, 2.24) is 19.9 Å². The molecule has 1 aromatic heterocycles. The van der Waals surface area contributed by atoms with E-state index in [2.05, 4.69) is 19.9 Å². The van der Waals surface area contributed by atoms with Crippen molar-refractivity contribution in [2.75, 3.05) is 26.2 Å². The fourth-order valence-electron chi connectivity index (χ4n) is 3.18. The van der Waals surface area contributed by atoms with Crippen molar-refractivity contribution in [3.05, 3.63) is 47.1 Å². The zero-order valence-electron chi connectivity index (χ0n) is 14.2. The number of aryl methyl sites for hydroxylation is 1. The van der Waals surface area contributed by atoms with Crippen LogP contribution in [-0.2, 0) is 0 Å². The Morgan fingerprint density at radius 2 is 1.67 bits per heavy atom. The van der Waals surface area contributed by atoms with Crippen LogP contribution in [0.15, 0.2) is 22.7 Å². The van der Waals surface area contributed by atoms with E-state index in [4.69, 9.17) is 4.52 Å². The number of halogens is 2. The molecule has 0 bridgehead atoms. The average Bonchev–Trinajstić information content (AvgIpc) is 3.02. The van der Waals surface area contributed by atoms with E-state index in [0.717, 1.165) is 32.2 Å². The molecule has 2 heterocycles. The van der Waals surface area contributed by atoms with Gasteiger partial charge < -0.3 is 4.52 Å². The number of hydrogen-bond donors (Lipinski definition) is 0. The third-order valence-corrected chi connectivity index (χ3v) is 4.75. The van der Waals surface area contributed by atoms with Crippen molar-refractivity contribution in [1.29, 1.82) is 0 Å². The van der Waals surface area contributed by atoms with Crippen molar-refractivity contribution in [2.24, 2.45) is 0 Å². The summed E-state index contributed by atoms with van der Waals surface area (Å²) in [6.45, 7) is 8.92. The minimum Gasteiger partial charge on any atom is -0.338 e. The summed E-state index contributed by atoms with van der Waals surface area (Å²) in [6.07, 6.45) is 0. The standard InChI is InChI=1S/C17H22F2N4O/c1-11(15-10-14(18)4-5-16(15)19)22-6-8-23(9-7-22)12(2)17-20-13(3)21-24-17/h4-5,10-12H,6-9H2,1-3H3/t11-,12+/m1/s1. The number of benzene rings is 1. The topological polar surface area (TPSA) is 45.4 Å². The summed E-state index contributed by atoms with van der Waals surface area (Å²) in [6, 6.07) is 3.52. The Bertz CT molecular complexity index is 698. The summed E-state index contributed by atoms with van der Waals surface area (Å²) >= 11 is 0. The molecule has 1 fully saturated rings. The molecule has 24 heavy (non-hydrogen) atoms. The molecule has 0 aliphatic carbocycles. The van der Waals surface area contributed by atoms with Crippen LogP contribution in [0, 0.1) is 18.6 Å². The zero-order chi connectivity index (χ0) is 17.3. The molecule has 0 saturated carbocycles. The highest BCUT2D eigenvalue weighted by Crippen LogP contribution is 2.27. The van der Waals surface area contributed by atoms with Gasteiger partial charge in [0.2, 0.25) is 5.89 Å². The predicted octanol–water partition coefficient (Wildman–Crippen LogP) is 3.10. The quantitative estimate of drug-likeness (QED) is 0.858. The van der Waals surface area contributed by atoms with E-state index < -0.39 is 5.82 Å². The molecule has 1 aliphatic heterocycles. The van der Waals surface area contributed by atoms with Gasteiger partial charge in [-0.15, -0.1) is 0 Å². The lowest BCUT2D eigenvalue weighted by molar-refractivity contribution is 0.0668. The van der Waals surface area contributed by atoms with Crippen LogP contribution in [0.2, 0.25) is 0 Å². The van der Waals surface area contributed by atoms with Gasteiger partial charge in [0.05, 0.1) is 6.04 Å². The minimum atomic E-state index is -0.405. The molecule has 130 valence electrons.